The first-order valence-corrected chi connectivity index (χ1v) is 9.95. The van der Waals surface area contributed by atoms with E-state index < -0.39 is 5.97 Å². The molecule has 1 N–H and O–H groups in total. The summed E-state index contributed by atoms with van der Waals surface area (Å²) in [4.78, 5) is 25.5. The van der Waals surface area contributed by atoms with Gasteiger partial charge in [0.15, 0.2) is 12.4 Å². The summed E-state index contributed by atoms with van der Waals surface area (Å²) in [5.41, 5.74) is -0.146. The number of benzene rings is 2. The number of phenolic OH excluding ortho intramolecular Hbond substituents is 1. The summed E-state index contributed by atoms with van der Waals surface area (Å²) in [5, 5.41) is 11.9. The smallest absolute Gasteiger partial charge is 0.342 e. The summed E-state index contributed by atoms with van der Waals surface area (Å²) in [5.74, 6) is 1.41. The Bertz CT molecular complexity index is 894. The maximum absolute atomic E-state index is 13.0. The number of carbonyl (C=O) groups is 2. The Morgan fingerprint density at radius 2 is 1.59 bits per heavy atom. The molecule has 4 nitrogen and oxygen atoms in total. The van der Waals surface area contributed by atoms with Crippen molar-refractivity contribution in [1.29, 1.82) is 0 Å². The molecule has 0 amide bonds. The lowest BCUT2D eigenvalue weighted by molar-refractivity contribution is -0.147. The number of aromatic hydroxyl groups is 1. The maximum Gasteiger partial charge on any atom is 0.342 e. The molecule has 4 heteroatoms. The molecule has 4 saturated carbocycles. The van der Waals surface area contributed by atoms with E-state index in [1.165, 1.54) is 19.3 Å². The molecule has 0 unspecified atom stereocenters. The molecule has 0 spiro atoms. The number of hydrogen-bond donors (Lipinski definition) is 1. The van der Waals surface area contributed by atoms with E-state index in [0.717, 1.165) is 24.6 Å². The zero-order valence-corrected chi connectivity index (χ0v) is 15.3. The minimum Gasteiger partial charge on any atom is -0.506 e. The van der Waals surface area contributed by atoms with Crippen molar-refractivity contribution in [3.63, 3.8) is 0 Å². The number of rotatable bonds is 4. The van der Waals surface area contributed by atoms with E-state index in [1.54, 1.807) is 18.2 Å². The zero-order valence-electron chi connectivity index (χ0n) is 15.3. The van der Waals surface area contributed by atoms with Gasteiger partial charge in [-0.2, -0.15) is 0 Å². The quantitative estimate of drug-likeness (QED) is 0.812. The maximum atomic E-state index is 13.0. The van der Waals surface area contributed by atoms with Gasteiger partial charge in [0.05, 0.1) is 0 Å². The highest BCUT2D eigenvalue weighted by Gasteiger charge is 2.54. The lowest BCUT2D eigenvalue weighted by Gasteiger charge is -2.55. The van der Waals surface area contributed by atoms with Crippen LogP contribution in [0.1, 0.15) is 48.9 Å². The number of Topliss-reactive ketones (excluding diaryl/α,β-unsaturated/α-hetero) is 1. The third kappa shape index (κ3) is 2.73. The number of hydrogen-bond acceptors (Lipinski definition) is 4. The third-order valence-electron chi connectivity index (χ3n) is 7.08. The minimum absolute atomic E-state index is 0.0789. The van der Waals surface area contributed by atoms with Crippen LogP contribution in [-0.4, -0.2) is 23.5 Å². The van der Waals surface area contributed by atoms with E-state index in [4.69, 9.17) is 4.74 Å². The van der Waals surface area contributed by atoms with Crippen molar-refractivity contribution in [3.05, 3.63) is 42.0 Å². The second-order valence-electron chi connectivity index (χ2n) is 8.88. The van der Waals surface area contributed by atoms with Crippen LogP contribution in [0, 0.1) is 23.2 Å². The van der Waals surface area contributed by atoms with E-state index >= 15 is 0 Å². The van der Waals surface area contributed by atoms with Gasteiger partial charge >= 0.3 is 5.97 Å². The van der Waals surface area contributed by atoms with E-state index in [0.29, 0.717) is 23.1 Å². The van der Waals surface area contributed by atoms with Gasteiger partial charge in [0.2, 0.25) is 0 Å². The van der Waals surface area contributed by atoms with Crippen molar-refractivity contribution in [2.45, 2.75) is 38.5 Å². The zero-order chi connectivity index (χ0) is 18.6. The Balaban J connectivity index is 1.31. The molecule has 4 fully saturated rings. The third-order valence-corrected chi connectivity index (χ3v) is 7.08. The lowest BCUT2D eigenvalue weighted by Crippen LogP contribution is -2.51. The average Bonchev–Trinajstić information content (AvgIpc) is 2.65. The summed E-state index contributed by atoms with van der Waals surface area (Å²) < 4.78 is 5.36. The Morgan fingerprint density at radius 1 is 0.963 bits per heavy atom. The summed E-state index contributed by atoms with van der Waals surface area (Å²) in [6, 6.07) is 10.7. The second-order valence-corrected chi connectivity index (χ2v) is 8.88. The number of esters is 1. The Labute approximate surface area is 158 Å². The highest BCUT2D eigenvalue weighted by molar-refractivity contribution is 6.01. The van der Waals surface area contributed by atoms with Gasteiger partial charge in [0, 0.05) is 10.8 Å². The normalized spacial score (nSPS) is 31.2. The van der Waals surface area contributed by atoms with E-state index in [9.17, 15) is 14.7 Å². The number of phenols is 1. The molecule has 4 aliphatic carbocycles. The molecule has 6 rings (SSSR count). The molecule has 0 atom stereocenters. The first kappa shape index (κ1) is 16.8. The fourth-order valence-electron chi connectivity index (χ4n) is 6.23. The molecule has 0 aliphatic heterocycles. The molecule has 0 heterocycles. The summed E-state index contributed by atoms with van der Waals surface area (Å²) in [7, 11) is 0. The SMILES string of the molecule is O=C(OCC(=O)C12CC3CC(CC(C3)C1)C2)c1ccc2ccccc2c1O. The van der Waals surface area contributed by atoms with E-state index in [-0.39, 0.29) is 29.1 Å². The number of ketones is 1. The van der Waals surface area contributed by atoms with Gasteiger partial charge in [-0.25, -0.2) is 4.79 Å². The van der Waals surface area contributed by atoms with Crippen molar-refractivity contribution in [3.8, 4) is 5.75 Å². The number of carbonyl (C=O) groups excluding carboxylic acids is 2. The van der Waals surface area contributed by atoms with Crippen LogP contribution in [-0.2, 0) is 9.53 Å². The molecule has 0 radical (unpaired) electrons. The molecule has 140 valence electrons. The van der Waals surface area contributed by atoms with E-state index in [1.807, 2.05) is 18.2 Å². The molecular formula is C23H24O4. The van der Waals surface area contributed by atoms with Crippen LogP contribution in [0.25, 0.3) is 10.8 Å². The number of ether oxygens (including phenoxy) is 1. The van der Waals surface area contributed by atoms with Gasteiger partial charge < -0.3 is 9.84 Å². The fraction of sp³-hybridized carbons (Fsp3) is 0.478. The molecule has 2 aromatic carbocycles. The van der Waals surface area contributed by atoms with Gasteiger partial charge in [-0.05, 0) is 67.7 Å². The van der Waals surface area contributed by atoms with Crippen LogP contribution in [0.3, 0.4) is 0 Å². The summed E-state index contributed by atoms with van der Waals surface area (Å²) in [6.45, 7) is -0.183. The predicted molar refractivity (Wildman–Crippen MR) is 102 cm³/mol. The topological polar surface area (TPSA) is 63.6 Å². The van der Waals surface area contributed by atoms with Gasteiger partial charge in [0.25, 0.3) is 0 Å². The van der Waals surface area contributed by atoms with Gasteiger partial charge in [0.1, 0.15) is 11.3 Å². The largest absolute Gasteiger partial charge is 0.506 e. The molecule has 4 bridgehead atoms. The second kappa shape index (κ2) is 6.08. The summed E-state index contributed by atoms with van der Waals surface area (Å²) in [6.07, 6.45) is 6.73. The molecule has 2 aromatic rings. The molecule has 27 heavy (non-hydrogen) atoms. The molecule has 0 aromatic heterocycles. The molecule has 0 saturated heterocycles. The van der Waals surface area contributed by atoms with Crippen LogP contribution in [0.5, 0.6) is 5.75 Å². The summed E-state index contributed by atoms with van der Waals surface area (Å²) >= 11 is 0. The molecule has 4 aliphatic rings. The average molecular weight is 364 g/mol. The van der Waals surface area contributed by atoms with Crippen molar-refractivity contribution in [2.24, 2.45) is 23.2 Å². The van der Waals surface area contributed by atoms with Gasteiger partial charge in [-0.15, -0.1) is 0 Å². The molecular weight excluding hydrogens is 340 g/mol. The van der Waals surface area contributed by atoms with Crippen molar-refractivity contribution >= 4 is 22.5 Å². The van der Waals surface area contributed by atoms with Crippen LogP contribution in [0.4, 0.5) is 0 Å². The fourth-order valence-corrected chi connectivity index (χ4v) is 6.23. The van der Waals surface area contributed by atoms with Crippen molar-refractivity contribution in [2.75, 3.05) is 6.61 Å². The Morgan fingerprint density at radius 3 is 2.26 bits per heavy atom. The van der Waals surface area contributed by atoms with Gasteiger partial charge in [-0.3, -0.25) is 4.79 Å². The van der Waals surface area contributed by atoms with E-state index in [2.05, 4.69) is 0 Å². The first-order valence-electron chi connectivity index (χ1n) is 9.95. The van der Waals surface area contributed by atoms with Crippen LogP contribution < -0.4 is 0 Å². The van der Waals surface area contributed by atoms with Crippen LogP contribution in [0.15, 0.2) is 36.4 Å². The highest BCUT2D eigenvalue weighted by atomic mass is 16.5. The monoisotopic (exact) mass is 364 g/mol. The van der Waals surface area contributed by atoms with Gasteiger partial charge in [-0.1, -0.05) is 30.3 Å². The van der Waals surface area contributed by atoms with Crippen molar-refractivity contribution < 1.29 is 19.4 Å². The van der Waals surface area contributed by atoms with Crippen molar-refractivity contribution in [1.82, 2.24) is 0 Å². The standard InChI is InChI=1S/C23H24O4/c24-20(23-10-14-7-15(11-23)9-16(8-14)12-23)13-27-22(26)19-6-5-17-3-1-2-4-18(17)21(19)25/h1-6,14-16,25H,7-13H2. The first-order chi connectivity index (χ1) is 13.0. The Hall–Kier alpha value is -2.36. The number of fused-ring (bicyclic) bond motifs is 1. The Kier molecular flexibility index (Phi) is 3.78. The predicted octanol–water partition coefficient (Wildman–Crippen LogP) is 4.49. The highest BCUT2D eigenvalue weighted by Crippen LogP contribution is 2.60. The lowest BCUT2D eigenvalue weighted by atomic mass is 9.48. The minimum atomic E-state index is -0.628. The van der Waals surface area contributed by atoms with Crippen LogP contribution in [0.2, 0.25) is 0 Å². The van der Waals surface area contributed by atoms with Crippen LogP contribution >= 0.6 is 0 Å².